The standard InChI is InChI=1S/C9H12N2O4S/c1-3-16(14,15)10-9-6-8(11(12)13)5-4-7(9)2/h4-6,10H,3H2,1-2H3. The normalized spacial score (nSPS) is 11.1. The molecule has 16 heavy (non-hydrogen) atoms. The second-order valence-electron chi connectivity index (χ2n) is 3.26. The van der Waals surface area contributed by atoms with Crippen LogP contribution in [0, 0.1) is 17.0 Å². The van der Waals surface area contributed by atoms with Crippen molar-refractivity contribution in [2.75, 3.05) is 10.5 Å². The van der Waals surface area contributed by atoms with Crippen LogP contribution < -0.4 is 4.72 Å². The number of non-ortho nitro benzene ring substituents is 1. The summed E-state index contributed by atoms with van der Waals surface area (Å²) < 4.78 is 24.9. The van der Waals surface area contributed by atoms with E-state index in [-0.39, 0.29) is 17.1 Å². The van der Waals surface area contributed by atoms with Gasteiger partial charge in [0.2, 0.25) is 10.0 Å². The van der Waals surface area contributed by atoms with Crippen molar-refractivity contribution in [1.29, 1.82) is 0 Å². The molecule has 0 aliphatic carbocycles. The zero-order valence-corrected chi connectivity index (χ0v) is 9.74. The Hall–Kier alpha value is -1.63. The third-order valence-electron chi connectivity index (χ3n) is 2.08. The SMILES string of the molecule is CCS(=O)(=O)Nc1cc([N+](=O)[O-])ccc1C. The van der Waals surface area contributed by atoms with E-state index in [2.05, 4.69) is 4.72 Å². The van der Waals surface area contributed by atoms with E-state index in [0.717, 1.165) is 0 Å². The lowest BCUT2D eigenvalue weighted by molar-refractivity contribution is -0.384. The van der Waals surface area contributed by atoms with E-state index >= 15 is 0 Å². The van der Waals surface area contributed by atoms with Crippen LogP contribution in [0.2, 0.25) is 0 Å². The van der Waals surface area contributed by atoms with Crippen LogP contribution in [0.3, 0.4) is 0 Å². The summed E-state index contributed by atoms with van der Waals surface area (Å²) in [6.45, 7) is 3.17. The van der Waals surface area contributed by atoms with Crippen molar-refractivity contribution in [3.63, 3.8) is 0 Å². The average Bonchev–Trinajstić information content (AvgIpc) is 2.21. The molecule has 0 atom stereocenters. The Morgan fingerprint density at radius 3 is 2.56 bits per heavy atom. The number of nitrogens with zero attached hydrogens (tertiary/aromatic N) is 1. The molecule has 1 aromatic rings. The van der Waals surface area contributed by atoms with Gasteiger partial charge >= 0.3 is 0 Å². The number of hydrogen-bond donors (Lipinski definition) is 1. The van der Waals surface area contributed by atoms with Gasteiger partial charge in [-0.1, -0.05) is 6.07 Å². The first kappa shape index (κ1) is 12.4. The molecule has 0 amide bonds. The summed E-state index contributed by atoms with van der Waals surface area (Å²) in [6.07, 6.45) is 0. The summed E-state index contributed by atoms with van der Waals surface area (Å²) in [6, 6.07) is 4.05. The molecule has 0 spiro atoms. The van der Waals surface area contributed by atoms with Crippen molar-refractivity contribution in [1.82, 2.24) is 0 Å². The van der Waals surface area contributed by atoms with Gasteiger partial charge in [-0.3, -0.25) is 14.8 Å². The molecular weight excluding hydrogens is 232 g/mol. The third kappa shape index (κ3) is 2.93. The zero-order chi connectivity index (χ0) is 12.3. The van der Waals surface area contributed by atoms with Gasteiger partial charge in [-0.2, -0.15) is 0 Å². The number of hydrogen-bond acceptors (Lipinski definition) is 4. The predicted octanol–water partition coefficient (Wildman–Crippen LogP) is 1.66. The maximum Gasteiger partial charge on any atom is 0.271 e. The molecule has 1 rings (SSSR count). The van der Waals surface area contributed by atoms with Crippen LogP contribution in [-0.4, -0.2) is 19.1 Å². The van der Waals surface area contributed by atoms with Gasteiger partial charge < -0.3 is 0 Å². The molecule has 0 unspecified atom stereocenters. The second kappa shape index (κ2) is 4.48. The van der Waals surface area contributed by atoms with Crippen LogP contribution >= 0.6 is 0 Å². The van der Waals surface area contributed by atoms with E-state index in [9.17, 15) is 18.5 Å². The first-order valence-corrected chi connectivity index (χ1v) is 6.26. The molecule has 0 aliphatic rings. The lowest BCUT2D eigenvalue weighted by Crippen LogP contribution is -2.15. The highest BCUT2D eigenvalue weighted by Gasteiger charge is 2.13. The molecule has 0 aromatic heterocycles. The minimum absolute atomic E-state index is 0.0743. The van der Waals surface area contributed by atoms with Gasteiger partial charge in [0.25, 0.3) is 5.69 Å². The average molecular weight is 244 g/mol. The van der Waals surface area contributed by atoms with Crippen LogP contribution in [0.4, 0.5) is 11.4 Å². The number of nitro benzene ring substituents is 1. The Kier molecular flexibility index (Phi) is 3.48. The molecule has 6 nitrogen and oxygen atoms in total. The highest BCUT2D eigenvalue weighted by molar-refractivity contribution is 7.92. The van der Waals surface area contributed by atoms with Gasteiger partial charge in [-0.15, -0.1) is 0 Å². The van der Waals surface area contributed by atoms with Gasteiger partial charge in [-0.05, 0) is 19.4 Å². The summed E-state index contributed by atoms with van der Waals surface area (Å²) in [5, 5.41) is 10.5. The Morgan fingerprint density at radius 2 is 2.06 bits per heavy atom. The van der Waals surface area contributed by atoms with Crippen LogP contribution in [0.1, 0.15) is 12.5 Å². The number of sulfonamides is 1. The summed E-state index contributed by atoms with van der Waals surface area (Å²) >= 11 is 0. The molecule has 7 heteroatoms. The molecule has 88 valence electrons. The fraction of sp³-hybridized carbons (Fsp3) is 0.333. The fourth-order valence-corrected chi connectivity index (χ4v) is 1.77. The predicted molar refractivity (Wildman–Crippen MR) is 60.9 cm³/mol. The van der Waals surface area contributed by atoms with Gasteiger partial charge in [0.15, 0.2) is 0 Å². The van der Waals surface area contributed by atoms with Crippen LogP contribution in [0.15, 0.2) is 18.2 Å². The third-order valence-corrected chi connectivity index (χ3v) is 3.37. The molecule has 0 radical (unpaired) electrons. The van der Waals surface area contributed by atoms with Crippen molar-refractivity contribution in [3.05, 3.63) is 33.9 Å². The Labute approximate surface area is 93.5 Å². The molecule has 1 aromatic carbocycles. The summed E-state index contributed by atoms with van der Waals surface area (Å²) in [5.41, 5.74) is 0.748. The first-order chi connectivity index (χ1) is 7.35. The monoisotopic (exact) mass is 244 g/mol. The van der Waals surface area contributed by atoms with Crippen molar-refractivity contribution in [2.45, 2.75) is 13.8 Å². The van der Waals surface area contributed by atoms with Crippen LogP contribution in [0.5, 0.6) is 0 Å². The number of nitro groups is 1. The van der Waals surface area contributed by atoms with Crippen molar-refractivity contribution in [2.24, 2.45) is 0 Å². The van der Waals surface area contributed by atoms with E-state index in [4.69, 9.17) is 0 Å². The lowest BCUT2D eigenvalue weighted by Gasteiger charge is -2.08. The van der Waals surface area contributed by atoms with Gasteiger partial charge in [0.05, 0.1) is 16.4 Å². The topological polar surface area (TPSA) is 89.3 Å². The van der Waals surface area contributed by atoms with E-state index in [1.165, 1.54) is 25.1 Å². The second-order valence-corrected chi connectivity index (χ2v) is 5.27. The van der Waals surface area contributed by atoms with Gasteiger partial charge in [0, 0.05) is 12.1 Å². The molecule has 0 saturated carbocycles. The van der Waals surface area contributed by atoms with E-state index in [0.29, 0.717) is 5.56 Å². The van der Waals surface area contributed by atoms with Crippen LogP contribution in [-0.2, 0) is 10.0 Å². The number of aryl methyl sites for hydroxylation is 1. The summed E-state index contributed by atoms with van der Waals surface area (Å²) in [4.78, 5) is 9.96. The number of rotatable bonds is 4. The molecule has 0 heterocycles. The van der Waals surface area contributed by atoms with E-state index in [1.807, 2.05) is 0 Å². The Morgan fingerprint density at radius 1 is 1.44 bits per heavy atom. The largest absolute Gasteiger partial charge is 0.283 e. The molecule has 0 fully saturated rings. The van der Waals surface area contributed by atoms with Crippen molar-refractivity contribution in [3.8, 4) is 0 Å². The number of anilines is 1. The van der Waals surface area contributed by atoms with E-state index < -0.39 is 14.9 Å². The van der Waals surface area contributed by atoms with Crippen molar-refractivity contribution < 1.29 is 13.3 Å². The molecule has 0 bridgehead atoms. The highest BCUT2D eigenvalue weighted by Crippen LogP contribution is 2.22. The summed E-state index contributed by atoms with van der Waals surface area (Å²) in [7, 11) is -3.41. The Bertz CT molecular complexity index is 510. The smallest absolute Gasteiger partial charge is 0.271 e. The maximum absolute atomic E-state index is 11.3. The van der Waals surface area contributed by atoms with Gasteiger partial charge in [0.1, 0.15) is 0 Å². The fourth-order valence-electron chi connectivity index (χ4n) is 1.07. The molecule has 0 saturated heterocycles. The summed E-state index contributed by atoms with van der Waals surface area (Å²) in [5.74, 6) is -0.0743. The van der Waals surface area contributed by atoms with E-state index in [1.54, 1.807) is 6.92 Å². The van der Waals surface area contributed by atoms with Crippen molar-refractivity contribution >= 4 is 21.4 Å². The first-order valence-electron chi connectivity index (χ1n) is 4.61. The lowest BCUT2D eigenvalue weighted by atomic mass is 10.2. The molecule has 0 aliphatic heterocycles. The van der Waals surface area contributed by atoms with Gasteiger partial charge in [-0.25, -0.2) is 8.42 Å². The molecule has 1 N–H and O–H groups in total. The highest BCUT2D eigenvalue weighted by atomic mass is 32.2. The number of benzene rings is 1. The van der Waals surface area contributed by atoms with Crippen LogP contribution in [0.25, 0.3) is 0 Å². The quantitative estimate of drug-likeness (QED) is 0.644. The Balaban J connectivity index is 3.13. The maximum atomic E-state index is 11.3. The minimum Gasteiger partial charge on any atom is -0.283 e. The number of nitrogens with one attached hydrogen (secondary N) is 1. The zero-order valence-electron chi connectivity index (χ0n) is 8.93. The molecular formula is C9H12N2O4S. The minimum atomic E-state index is -3.41.